The fraction of sp³-hybridized carbons (Fsp3) is 0.300. The lowest BCUT2D eigenvalue weighted by molar-refractivity contribution is -0.144. The lowest BCUT2D eigenvalue weighted by atomic mass is 10.1. The van der Waals surface area contributed by atoms with Crippen LogP contribution in [0.25, 0.3) is 0 Å². The first kappa shape index (κ1) is 22.5. The topological polar surface area (TPSA) is 124 Å². The van der Waals surface area contributed by atoms with E-state index < -0.39 is 34.2 Å². The van der Waals surface area contributed by atoms with Gasteiger partial charge in [-0.2, -0.15) is 4.31 Å². The molecule has 2 N–H and O–H groups in total. The van der Waals surface area contributed by atoms with Gasteiger partial charge in [0.2, 0.25) is 10.0 Å². The second-order valence-corrected chi connectivity index (χ2v) is 8.89. The van der Waals surface area contributed by atoms with E-state index in [0.717, 1.165) is 14.8 Å². The molecule has 0 aliphatic carbocycles. The second-order valence-electron chi connectivity index (χ2n) is 7.00. The van der Waals surface area contributed by atoms with E-state index in [4.69, 9.17) is 4.74 Å². The Morgan fingerprint density at radius 3 is 2.23 bits per heavy atom. The molecule has 0 spiro atoms. The highest BCUT2D eigenvalue weighted by Gasteiger charge is 2.46. The summed E-state index contributed by atoms with van der Waals surface area (Å²) in [5.41, 5.74) is 0.729. The van der Waals surface area contributed by atoms with Crippen LogP contribution in [0, 0.1) is 5.82 Å². The predicted molar refractivity (Wildman–Crippen MR) is 107 cm³/mol. The highest BCUT2D eigenvalue weighted by atomic mass is 32.2. The maximum atomic E-state index is 13.1. The van der Waals surface area contributed by atoms with E-state index in [2.05, 4.69) is 0 Å². The van der Waals surface area contributed by atoms with Gasteiger partial charge < -0.3 is 19.8 Å². The van der Waals surface area contributed by atoms with Gasteiger partial charge in [-0.15, -0.1) is 0 Å². The zero-order chi connectivity index (χ0) is 22.8. The number of hydrogen-bond donors (Lipinski definition) is 2. The number of halogens is 1. The predicted octanol–water partition coefficient (Wildman–Crippen LogP) is 2.23. The largest absolute Gasteiger partial charge is 0.489 e. The van der Waals surface area contributed by atoms with Gasteiger partial charge in [-0.25, -0.2) is 17.6 Å². The zero-order valence-electron chi connectivity index (χ0n) is 16.5. The van der Waals surface area contributed by atoms with Gasteiger partial charge in [-0.3, -0.25) is 4.79 Å². The molecule has 0 bridgehead atoms. The third-order valence-electron chi connectivity index (χ3n) is 5.07. The molecule has 2 aromatic carbocycles. The number of nitrogens with zero attached hydrogens (tertiary/aromatic N) is 2. The fourth-order valence-corrected chi connectivity index (χ4v) is 5.06. The van der Waals surface area contributed by atoms with Gasteiger partial charge in [0, 0.05) is 13.1 Å². The van der Waals surface area contributed by atoms with Crippen LogP contribution in [0.4, 0.5) is 9.18 Å². The average Bonchev–Trinajstić information content (AvgIpc) is 2.72. The molecular weight excluding hydrogens is 431 g/mol. The maximum Gasteiger partial charge on any atom is 0.407 e. The molecule has 1 fully saturated rings. The summed E-state index contributed by atoms with van der Waals surface area (Å²) in [5.74, 6) is -1.42. The van der Waals surface area contributed by atoms with Crippen LogP contribution in [0.1, 0.15) is 12.5 Å². The zero-order valence-corrected chi connectivity index (χ0v) is 17.3. The molecule has 9 nitrogen and oxygen atoms in total. The van der Waals surface area contributed by atoms with Gasteiger partial charge in [0.25, 0.3) is 0 Å². The molecule has 1 amide bonds. The smallest absolute Gasteiger partial charge is 0.407 e. The van der Waals surface area contributed by atoms with Crippen molar-refractivity contribution >= 4 is 22.1 Å². The number of amides is 1. The van der Waals surface area contributed by atoms with Gasteiger partial charge in [-0.1, -0.05) is 12.1 Å². The minimum atomic E-state index is -4.19. The molecule has 0 aromatic heterocycles. The summed E-state index contributed by atoms with van der Waals surface area (Å²) < 4.78 is 45.5. The molecule has 3 rings (SSSR count). The number of benzene rings is 2. The van der Waals surface area contributed by atoms with Gasteiger partial charge in [0.05, 0.1) is 10.9 Å². The number of carboxylic acid groups (broad SMARTS) is 2. The van der Waals surface area contributed by atoms with E-state index in [-0.39, 0.29) is 30.4 Å². The third-order valence-corrected chi connectivity index (χ3v) is 6.96. The van der Waals surface area contributed by atoms with Crippen LogP contribution in [-0.2, 0) is 21.4 Å². The van der Waals surface area contributed by atoms with Gasteiger partial charge in [0.1, 0.15) is 24.2 Å². The molecule has 1 aliphatic rings. The first-order valence-electron chi connectivity index (χ1n) is 9.33. The molecule has 1 saturated heterocycles. The van der Waals surface area contributed by atoms with E-state index in [9.17, 15) is 32.6 Å². The molecule has 2 unspecified atom stereocenters. The SMILES string of the molecule is CC1C(C(=O)O)N(S(=O)(=O)c2ccc(OCc3ccc(F)cc3)cc2)CCN1C(=O)O. The Balaban J connectivity index is 1.77. The minimum absolute atomic E-state index is 0.135. The monoisotopic (exact) mass is 452 g/mol. The summed E-state index contributed by atoms with van der Waals surface area (Å²) in [5, 5.41) is 18.8. The summed E-state index contributed by atoms with van der Waals surface area (Å²) in [7, 11) is -4.19. The van der Waals surface area contributed by atoms with Crippen LogP contribution in [0.2, 0.25) is 0 Å². The van der Waals surface area contributed by atoms with Crippen LogP contribution in [0.15, 0.2) is 53.4 Å². The quantitative estimate of drug-likeness (QED) is 0.689. The average molecular weight is 452 g/mol. The highest BCUT2D eigenvalue weighted by Crippen LogP contribution is 2.27. The molecule has 0 saturated carbocycles. The molecule has 31 heavy (non-hydrogen) atoms. The number of piperazine rings is 1. The first-order chi connectivity index (χ1) is 14.6. The Morgan fingerprint density at radius 1 is 1.06 bits per heavy atom. The summed E-state index contributed by atoms with van der Waals surface area (Å²) in [4.78, 5) is 23.8. The normalized spacial score (nSPS) is 19.7. The molecule has 166 valence electrons. The Bertz CT molecular complexity index is 1060. The van der Waals surface area contributed by atoms with Crippen molar-refractivity contribution in [3.8, 4) is 5.75 Å². The van der Waals surface area contributed by atoms with E-state index >= 15 is 0 Å². The van der Waals surface area contributed by atoms with Crippen LogP contribution >= 0.6 is 0 Å². The maximum absolute atomic E-state index is 13.1. The van der Waals surface area contributed by atoms with Crippen LogP contribution in [0.3, 0.4) is 0 Å². The van der Waals surface area contributed by atoms with Crippen molar-refractivity contribution in [3.05, 3.63) is 59.9 Å². The van der Waals surface area contributed by atoms with E-state index in [1.807, 2.05) is 0 Å². The number of aliphatic carboxylic acids is 1. The lowest BCUT2D eigenvalue weighted by Gasteiger charge is -2.42. The Morgan fingerprint density at radius 2 is 1.68 bits per heavy atom. The summed E-state index contributed by atoms with van der Waals surface area (Å²) >= 11 is 0. The fourth-order valence-electron chi connectivity index (χ4n) is 3.42. The van der Waals surface area contributed by atoms with E-state index in [1.54, 1.807) is 12.1 Å². The highest BCUT2D eigenvalue weighted by molar-refractivity contribution is 7.89. The number of ether oxygens (including phenoxy) is 1. The number of hydrogen-bond acceptors (Lipinski definition) is 5. The van der Waals surface area contributed by atoms with E-state index in [0.29, 0.717) is 5.75 Å². The Hall–Kier alpha value is -3.18. The number of carboxylic acids is 1. The molecule has 1 aliphatic heterocycles. The molecule has 11 heteroatoms. The number of rotatable bonds is 6. The number of sulfonamides is 1. The standard InChI is InChI=1S/C20H21FN2O7S/c1-13-18(19(24)25)23(11-10-22(13)20(26)27)31(28,29)17-8-6-16(7-9-17)30-12-14-2-4-15(21)5-3-14/h2-9,13,18H,10-12H2,1H3,(H,24,25)(H,26,27). The van der Waals surface area contributed by atoms with Gasteiger partial charge in [-0.05, 0) is 48.9 Å². The van der Waals surface area contributed by atoms with Gasteiger partial charge in [0.15, 0.2) is 0 Å². The molecule has 0 radical (unpaired) electrons. The summed E-state index contributed by atoms with van der Waals surface area (Å²) in [6.07, 6.45) is -1.31. The van der Waals surface area contributed by atoms with Crippen molar-refractivity contribution in [3.63, 3.8) is 0 Å². The first-order valence-corrected chi connectivity index (χ1v) is 10.8. The second kappa shape index (κ2) is 8.90. The van der Waals surface area contributed by atoms with Crippen LogP contribution < -0.4 is 4.74 Å². The Labute approximate surface area is 178 Å². The van der Waals surface area contributed by atoms with Crippen molar-refractivity contribution in [2.45, 2.75) is 30.5 Å². The minimum Gasteiger partial charge on any atom is -0.489 e. The summed E-state index contributed by atoms with van der Waals surface area (Å²) in [6, 6.07) is 8.59. The van der Waals surface area contributed by atoms with E-state index in [1.165, 1.54) is 43.3 Å². The van der Waals surface area contributed by atoms with Gasteiger partial charge >= 0.3 is 12.1 Å². The lowest BCUT2D eigenvalue weighted by Crippen LogP contribution is -2.63. The summed E-state index contributed by atoms with van der Waals surface area (Å²) in [6.45, 7) is 1.10. The van der Waals surface area contributed by atoms with Crippen molar-refractivity contribution in [2.75, 3.05) is 13.1 Å². The van der Waals surface area contributed by atoms with Crippen LogP contribution in [0.5, 0.6) is 5.75 Å². The molecule has 1 heterocycles. The van der Waals surface area contributed by atoms with Crippen molar-refractivity contribution in [1.29, 1.82) is 0 Å². The van der Waals surface area contributed by atoms with Crippen LogP contribution in [-0.4, -0.2) is 65.1 Å². The molecule has 2 atom stereocenters. The number of carbonyl (C=O) groups is 2. The molecule has 2 aromatic rings. The Kier molecular flexibility index (Phi) is 6.46. The molecular formula is C20H21FN2O7S. The van der Waals surface area contributed by atoms with Crippen molar-refractivity contribution in [1.82, 2.24) is 9.21 Å². The van der Waals surface area contributed by atoms with Crippen molar-refractivity contribution < 1.29 is 37.3 Å². The van der Waals surface area contributed by atoms with Crippen molar-refractivity contribution in [2.24, 2.45) is 0 Å². The third kappa shape index (κ3) is 4.78.